The van der Waals surface area contributed by atoms with Crippen molar-refractivity contribution in [1.29, 1.82) is 0 Å². The number of nitrogens with zero attached hydrogens (tertiary/aromatic N) is 1. The van der Waals surface area contributed by atoms with Crippen LogP contribution in [-0.4, -0.2) is 18.6 Å². The lowest BCUT2D eigenvalue weighted by atomic mass is 10.1. The molecule has 3 nitrogen and oxygen atoms in total. The SMILES string of the molecule is COc1ccccc1CCNc1ncccc1C. The van der Waals surface area contributed by atoms with Crippen molar-refractivity contribution < 1.29 is 4.74 Å². The molecule has 0 fully saturated rings. The highest BCUT2D eigenvalue weighted by atomic mass is 16.5. The van der Waals surface area contributed by atoms with Crippen molar-refractivity contribution in [2.75, 3.05) is 19.0 Å². The van der Waals surface area contributed by atoms with Crippen LogP contribution in [0.25, 0.3) is 0 Å². The third-order valence-electron chi connectivity index (χ3n) is 2.89. The first kappa shape index (κ1) is 12.4. The summed E-state index contributed by atoms with van der Waals surface area (Å²) in [7, 11) is 1.70. The lowest BCUT2D eigenvalue weighted by Crippen LogP contribution is -2.08. The van der Waals surface area contributed by atoms with Gasteiger partial charge in [0, 0.05) is 12.7 Å². The van der Waals surface area contributed by atoms with E-state index in [0.29, 0.717) is 0 Å². The number of anilines is 1. The minimum atomic E-state index is 0.845. The predicted octanol–water partition coefficient (Wildman–Crippen LogP) is 3.05. The Bertz CT molecular complexity index is 511. The number of hydrogen-bond donors (Lipinski definition) is 1. The van der Waals surface area contributed by atoms with Gasteiger partial charge in [-0.1, -0.05) is 24.3 Å². The number of nitrogens with one attached hydrogen (secondary N) is 1. The van der Waals surface area contributed by atoms with E-state index in [0.717, 1.165) is 30.1 Å². The lowest BCUT2D eigenvalue weighted by molar-refractivity contribution is 0.410. The molecule has 2 aromatic rings. The van der Waals surface area contributed by atoms with Gasteiger partial charge < -0.3 is 10.1 Å². The summed E-state index contributed by atoms with van der Waals surface area (Å²) < 4.78 is 5.33. The summed E-state index contributed by atoms with van der Waals surface area (Å²) in [6.07, 6.45) is 2.72. The van der Waals surface area contributed by atoms with Gasteiger partial charge in [-0.3, -0.25) is 0 Å². The van der Waals surface area contributed by atoms with Crippen LogP contribution in [0.1, 0.15) is 11.1 Å². The number of aromatic nitrogens is 1. The molecule has 0 radical (unpaired) electrons. The number of aryl methyl sites for hydroxylation is 1. The summed E-state index contributed by atoms with van der Waals surface area (Å²) in [5.41, 5.74) is 2.37. The third-order valence-corrected chi connectivity index (χ3v) is 2.89. The van der Waals surface area contributed by atoms with E-state index < -0.39 is 0 Å². The molecule has 0 aliphatic carbocycles. The minimum Gasteiger partial charge on any atom is -0.496 e. The summed E-state index contributed by atoms with van der Waals surface area (Å²) in [5, 5.41) is 3.35. The van der Waals surface area contributed by atoms with Crippen LogP contribution in [0.2, 0.25) is 0 Å². The number of ether oxygens (including phenoxy) is 1. The zero-order valence-electron chi connectivity index (χ0n) is 10.8. The van der Waals surface area contributed by atoms with Gasteiger partial charge >= 0.3 is 0 Å². The predicted molar refractivity (Wildman–Crippen MR) is 74.2 cm³/mol. The van der Waals surface area contributed by atoms with Crippen molar-refractivity contribution in [2.24, 2.45) is 0 Å². The first-order valence-corrected chi connectivity index (χ1v) is 6.08. The van der Waals surface area contributed by atoms with Crippen molar-refractivity contribution in [3.63, 3.8) is 0 Å². The van der Waals surface area contributed by atoms with Crippen LogP contribution in [0.15, 0.2) is 42.6 Å². The number of benzene rings is 1. The van der Waals surface area contributed by atoms with Crippen LogP contribution in [0.3, 0.4) is 0 Å². The molecular weight excluding hydrogens is 224 g/mol. The third kappa shape index (κ3) is 3.00. The monoisotopic (exact) mass is 242 g/mol. The fourth-order valence-electron chi connectivity index (χ4n) is 1.90. The molecule has 0 amide bonds. The second-order valence-corrected chi connectivity index (χ2v) is 4.16. The zero-order valence-corrected chi connectivity index (χ0v) is 10.8. The highest BCUT2D eigenvalue weighted by Crippen LogP contribution is 2.18. The van der Waals surface area contributed by atoms with E-state index in [1.807, 2.05) is 24.3 Å². The molecule has 0 unspecified atom stereocenters. The maximum Gasteiger partial charge on any atom is 0.128 e. The Hall–Kier alpha value is -2.03. The molecule has 2 rings (SSSR count). The molecule has 3 heteroatoms. The van der Waals surface area contributed by atoms with Crippen molar-refractivity contribution in [3.8, 4) is 5.75 Å². The Labute approximate surface area is 108 Å². The molecule has 0 bridgehead atoms. The minimum absolute atomic E-state index is 0.845. The second kappa shape index (κ2) is 6.05. The molecule has 0 aliphatic heterocycles. The molecule has 94 valence electrons. The van der Waals surface area contributed by atoms with Gasteiger partial charge in [-0.15, -0.1) is 0 Å². The molecule has 0 atom stereocenters. The number of pyridine rings is 1. The molecule has 1 aromatic carbocycles. The first-order valence-electron chi connectivity index (χ1n) is 6.08. The van der Waals surface area contributed by atoms with Crippen molar-refractivity contribution in [2.45, 2.75) is 13.3 Å². The van der Waals surface area contributed by atoms with Gasteiger partial charge in [-0.2, -0.15) is 0 Å². The van der Waals surface area contributed by atoms with E-state index in [-0.39, 0.29) is 0 Å². The molecule has 18 heavy (non-hydrogen) atoms. The molecule has 0 saturated carbocycles. The Morgan fingerprint density at radius 1 is 1.17 bits per heavy atom. The van der Waals surface area contributed by atoms with Crippen LogP contribution in [0.4, 0.5) is 5.82 Å². The molecule has 0 spiro atoms. The summed E-state index contributed by atoms with van der Waals surface area (Å²) in [4.78, 5) is 4.31. The lowest BCUT2D eigenvalue weighted by Gasteiger charge is -2.10. The normalized spacial score (nSPS) is 10.1. The van der Waals surface area contributed by atoms with Gasteiger partial charge in [-0.05, 0) is 36.6 Å². The van der Waals surface area contributed by atoms with E-state index in [1.54, 1.807) is 13.3 Å². The summed E-state index contributed by atoms with van der Waals surface area (Å²) in [6, 6.07) is 12.1. The molecule has 0 aliphatic rings. The van der Waals surface area contributed by atoms with Crippen LogP contribution in [0.5, 0.6) is 5.75 Å². The first-order chi connectivity index (χ1) is 8.81. The van der Waals surface area contributed by atoms with Gasteiger partial charge in [0.1, 0.15) is 11.6 Å². The fraction of sp³-hybridized carbons (Fsp3) is 0.267. The number of para-hydroxylation sites is 1. The topological polar surface area (TPSA) is 34.1 Å². The smallest absolute Gasteiger partial charge is 0.128 e. The maximum atomic E-state index is 5.33. The quantitative estimate of drug-likeness (QED) is 0.875. The fourth-order valence-corrected chi connectivity index (χ4v) is 1.90. The Balaban J connectivity index is 1.95. The van der Waals surface area contributed by atoms with Crippen LogP contribution >= 0.6 is 0 Å². The van der Waals surface area contributed by atoms with Crippen LogP contribution in [-0.2, 0) is 6.42 Å². The van der Waals surface area contributed by atoms with Crippen LogP contribution < -0.4 is 10.1 Å². The molecule has 0 saturated heterocycles. The van der Waals surface area contributed by atoms with Crippen LogP contribution in [0, 0.1) is 6.92 Å². The average molecular weight is 242 g/mol. The van der Waals surface area contributed by atoms with Gasteiger partial charge in [0.05, 0.1) is 7.11 Å². The van der Waals surface area contributed by atoms with E-state index in [4.69, 9.17) is 4.74 Å². The van der Waals surface area contributed by atoms with E-state index >= 15 is 0 Å². The Morgan fingerprint density at radius 2 is 2.00 bits per heavy atom. The number of rotatable bonds is 5. The van der Waals surface area contributed by atoms with Gasteiger partial charge in [0.15, 0.2) is 0 Å². The maximum absolute atomic E-state index is 5.33. The van der Waals surface area contributed by atoms with E-state index in [2.05, 4.69) is 29.4 Å². The van der Waals surface area contributed by atoms with Gasteiger partial charge in [-0.25, -0.2) is 4.98 Å². The van der Waals surface area contributed by atoms with E-state index in [1.165, 1.54) is 5.56 Å². The average Bonchev–Trinajstić information content (AvgIpc) is 2.41. The Kier molecular flexibility index (Phi) is 4.18. The molecule has 1 heterocycles. The number of methoxy groups -OCH3 is 1. The highest BCUT2D eigenvalue weighted by Gasteiger charge is 2.02. The van der Waals surface area contributed by atoms with E-state index in [9.17, 15) is 0 Å². The summed E-state index contributed by atoms with van der Waals surface area (Å²) in [5.74, 6) is 1.89. The molecular formula is C15H18N2O. The summed E-state index contributed by atoms with van der Waals surface area (Å²) in [6.45, 7) is 2.90. The second-order valence-electron chi connectivity index (χ2n) is 4.16. The number of hydrogen-bond acceptors (Lipinski definition) is 3. The Morgan fingerprint density at radius 3 is 2.78 bits per heavy atom. The van der Waals surface area contributed by atoms with Crippen molar-refractivity contribution in [1.82, 2.24) is 4.98 Å². The van der Waals surface area contributed by atoms with Crippen molar-refractivity contribution in [3.05, 3.63) is 53.7 Å². The van der Waals surface area contributed by atoms with Gasteiger partial charge in [0.2, 0.25) is 0 Å². The molecule has 1 aromatic heterocycles. The molecule has 1 N–H and O–H groups in total. The van der Waals surface area contributed by atoms with Crippen molar-refractivity contribution >= 4 is 5.82 Å². The highest BCUT2D eigenvalue weighted by molar-refractivity contribution is 5.43. The largest absolute Gasteiger partial charge is 0.496 e. The van der Waals surface area contributed by atoms with Gasteiger partial charge in [0.25, 0.3) is 0 Å². The standard InChI is InChI=1S/C15H18N2O/c1-12-6-5-10-16-15(12)17-11-9-13-7-3-4-8-14(13)18-2/h3-8,10H,9,11H2,1-2H3,(H,16,17). The zero-order chi connectivity index (χ0) is 12.8. The summed E-state index contributed by atoms with van der Waals surface area (Å²) >= 11 is 0.